The van der Waals surface area contributed by atoms with Gasteiger partial charge in [0.2, 0.25) is 0 Å². The van der Waals surface area contributed by atoms with Gasteiger partial charge in [-0.2, -0.15) is 5.26 Å². The number of allylic oxidation sites excluding steroid dienone is 2. The van der Waals surface area contributed by atoms with Crippen LogP contribution in [0.15, 0.2) is 53.0 Å². The van der Waals surface area contributed by atoms with Crippen LogP contribution in [0.1, 0.15) is 30.4 Å². The Morgan fingerprint density at radius 3 is 2.78 bits per heavy atom. The standard InChI is InChI=1S/C20H17N3/c21-12-16-17(22)11-15-10-14-8-4-5-9-18(14)23-20(15)19(16)13-6-2-1-3-7-13/h1-3,6-8,11H,4-5,9-10,22H2. The lowest BCUT2D eigenvalue weighted by atomic mass is 9.85. The molecule has 0 radical (unpaired) electrons. The largest absolute Gasteiger partial charge is 0.398 e. The number of hydrogen-bond donors (Lipinski definition) is 1. The van der Waals surface area contributed by atoms with Gasteiger partial charge in [0.15, 0.2) is 0 Å². The molecular weight excluding hydrogens is 282 g/mol. The van der Waals surface area contributed by atoms with Crippen LogP contribution in [-0.2, 0) is 6.42 Å². The zero-order valence-electron chi connectivity index (χ0n) is 12.8. The van der Waals surface area contributed by atoms with Crippen molar-refractivity contribution in [1.82, 2.24) is 0 Å². The van der Waals surface area contributed by atoms with Crippen LogP contribution >= 0.6 is 0 Å². The number of hydrogen-bond acceptors (Lipinski definition) is 3. The topological polar surface area (TPSA) is 62.2 Å². The smallest absolute Gasteiger partial charge is 0.102 e. The third kappa shape index (κ3) is 2.24. The SMILES string of the molecule is N#Cc1c(N)cc2c(c1-c1ccccc1)N=C1CCCC=C1C2. The summed E-state index contributed by atoms with van der Waals surface area (Å²) in [4.78, 5) is 4.94. The van der Waals surface area contributed by atoms with Crippen molar-refractivity contribution in [3.05, 3.63) is 59.2 Å². The van der Waals surface area contributed by atoms with Gasteiger partial charge in [0, 0.05) is 17.7 Å². The molecule has 112 valence electrons. The molecule has 0 saturated heterocycles. The number of aliphatic imine (C=N–C) groups is 1. The molecule has 0 atom stereocenters. The normalized spacial score (nSPS) is 15.8. The van der Waals surface area contributed by atoms with Gasteiger partial charge in [0.1, 0.15) is 6.07 Å². The maximum atomic E-state index is 9.60. The van der Waals surface area contributed by atoms with E-state index in [1.807, 2.05) is 36.4 Å². The molecule has 0 bridgehead atoms. The molecule has 3 heteroatoms. The van der Waals surface area contributed by atoms with Gasteiger partial charge in [-0.3, -0.25) is 4.99 Å². The van der Waals surface area contributed by atoms with Crippen LogP contribution < -0.4 is 5.73 Å². The van der Waals surface area contributed by atoms with E-state index in [4.69, 9.17) is 10.7 Å². The molecule has 0 amide bonds. The molecule has 2 aromatic rings. The number of fused-ring (bicyclic) bond motifs is 2. The molecule has 2 aliphatic rings. The summed E-state index contributed by atoms with van der Waals surface area (Å²) < 4.78 is 0. The fraction of sp³-hybridized carbons (Fsp3) is 0.200. The van der Waals surface area contributed by atoms with E-state index in [1.54, 1.807) is 0 Å². The van der Waals surface area contributed by atoms with Gasteiger partial charge in [-0.25, -0.2) is 0 Å². The highest BCUT2D eigenvalue weighted by atomic mass is 14.8. The maximum absolute atomic E-state index is 9.60. The Balaban J connectivity index is 2.02. The molecule has 2 N–H and O–H groups in total. The molecule has 4 rings (SSSR count). The van der Waals surface area contributed by atoms with Crippen molar-refractivity contribution in [2.24, 2.45) is 4.99 Å². The van der Waals surface area contributed by atoms with Gasteiger partial charge in [-0.15, -0.1) is 0 Å². The molecule has 0 fully saturated rings. The lowest BCUT2D eigenvalue weighted by molar-refractivity contribution is 0.852. The quantitative estimate of drug-likeness (QED) is 0.785. The van der Waals surface area contributed by atoms with Crippen molar-refractivity contribution >= 4 is 17.1 Å². The summed E-state index contributed by atoms with van der Waals surface area (Å²) in [6.07, 6.45) is 6.46. The second kappa shape index (κ2) is 5.40. The molecule has 2 aromatic carbocycles. The number of benzene rings is 2. The second-order valence-electron chi connectivity index (χ2n) is 6.06. The monoisotopic (exact) mass is 299 g/mol. The van der Waals surface area contributed by atoms with Crippen LogP contribution in [0.4, 0.5) is 11.4 Å². The predicted octanol–water partition coefficient (Wildman–Crippen LogP) is 4.55. The van der Waals surface area contributed by atoms with Crippen LogP contribution in [-0.4, -0.2) is 5.71 Å². The fourth-order valence-electron chi connectivity index (χ4n) is 3.49. The summed E-state index contributed by atoms with van der Waals surface area (Å²) in [5.74, 6) is 0. The molecule has 1 aliphatic heterocycles. The lowest BCUT2D eigenvalue weighted by Gasteiger charge is -2.25. The fourth-order valence-corrected chi connectivity index (χ4v) is 3.49. The molecule has 0 aromatic heterocycles. The van der Waals surface area contributed by atoms with E-state index >= 15 is 0 Å². The lowest BCUT2D eigenvalue weighted by Crippen LogP contribution is -2.14. The minimum atomic E-state index is 0.530. The Kier molecular flexibility index (Phi) is 3.24. The molecule has 0 saturated carbocycles. The Bertz CT molecular complexity index is 883. The Hall–Kier alpha value is -2.86. The van der Waals surface area contributed by atoms with E-state index < -0.39 is 0 Å². The molecule has 1 aliphatic carbocycles. The summed E-state index contributed by atoms with van der Waals surface area (Å²) >= 11 is 0. The summed E-state index contributed by atoms with van der Waals surface area (Å²) in [5, 5.41) is 9.60. The van der Waals surface area contributed by atoms with Gasteiger partial charge < -0.3 is 5.73 Å². The van der Waals surface area contributed by atoms with Gasteiger partial charge in [0.25, 0.3) is 0 Å². The van der Waals surface area contributed by atoms with Crippen LogP contribution in [0.25, 0.3) is 11.1 Å². The predicted molar refractivity (Wildman–Crippen MR) is 93.7 cm³/mol. The third-order valence-corrected chi connectivity index (χ3v) is 4.59. The number of nitrogen functional groups attached to an aromatic ring is 1. The molecule has 1 heterocycles. The van der Waals surface area contributed by atoms with E-state index in [-0.39, 0.29) is 0 Å². The van der Waals surface area contributed by atoms with Crippen molar-refractivity contribution in [3.63, 3.8) is 0 Å². The van der Waals surface area contributed by atoms with E-state index in [2.05, 4.69) is 12.1 Å². The number of rotatable bonds is 1. The highest BCUT2D eigenvalue weighted by Crippen LogP contribution is 2.43. The molecule has 23 heavy (non-hydrogen) atoms. The van der Waals surface area contributed by atoms with Gasteiger partial charge in [-0.05, 0) is 42.0 Å². The first-order valence-electron chi connectivity index (χ1n) is 7.96. The van der Waals surface area contributed by atoms with Gasteiger partial charge in [0.05, 0.1) is 16.9 Å². The van der Waals surface area contributed by atoms with Crippen LogP contribution in [0, 0.1) is 11.3 Å². The first-order chi connectivity index (χ1) is 11.3. The number of nitriles is 1. The summed E-state index contributed by atoms with van der Waals surface area (Å²) in [6, 6.07) is 14.2. The van der Waals surface area contributed by atoms with Gasteiger partial charge >= 0.3 is 0 Å². The van der Waals surface area contributed by atoms with Crippen LogP contribution in [0.2, 0.25) is 0 Å². The zero-order chi connectivity index (χ0) is 15.8. The minimum Gasteiger partial charge on any atom is -0.398 e. The molecule has 0 spiro atoms. The zero-order valence-corrected chi connectivity index (χ0v) is 12.8. The first-order valence-corrected chi connectivity index (χ1v) is 7.96. The maximum Gasteiger partial charge on any atom is 0.102 e. The van der Waals surface area contributed by atoms with Crippen LogP contribution in [0.5, 0.6) is 0 Å². The Labute approximate surface area is 135 Å². The van der Waals surface area contributed by atoms with Gasteiger partial charge in [-0.1, -0.05) is 36.4 Å². The Morgan fingerprint density at radius 2 is 2.00 bits per heavy atom. The molecule has 0 unspecified atom stereocenters. The number of nitrogens with two attached hydrogens (primary N) is 1. The Morgan fingerprint density at radius 1 is 1.17 bits per heavy atom. The third-order valence-electron chi connectivity index (χ3n) is 4.59. The first kappa shape index (κ1) is 13.8. The summed E-state index contributed by atoms with van der Waals surface area (Å²) in [5.41, 5.74) is 13.7. The van der Waals surface area contributed by atoms with E-state index in [0.717, 1.165) is 48.1 Å². The van der Waals surface area contributed by atoms with E-state index in [0.29, 0.717) is 11.3 Å². The van der Waals surface area contributed by atoms with Crippen molar-refractivity contribution < 1.29 is 0 Å². The summed E-state index contributed by atoms with van der Waals surface area (Å²) in [7, 11) is 0. The van der Waals surface area contributed by atoms with Crippen molar-refractivity contribution in [1.29, 1.82) is 5.26 Å². The van der Waals surface area contributed by atoms with Crippen LogP contribution in [0.3, 0.4) is 0 Å². The minimum absolute atomic E-state index is 0.530. The van der Waals surface area contributed by atoms with Crippen molar-refractivity contribution in [2.45, 2.75) is 25.7 Å². The number of nitrogens with zero attached hydrogens (tertiary/aromatic N) is 2. The molecular formula is C20H17N3. The summed E-state index contributed by atoms with van der Waals surface area (Å²) in [6.45, 7) is 0. The van der Waals surface area contributed by atoms with Crippen molar-refractivity contribution in [3.8, 4) is 17.2 Å². The van der Waals surface area contributed by atoms with Crippen molar-refractivity contribution in [2.75, 3.05) is 5.73 Å². The number of anilines is 1. The average molecular weight is 299 g/mol. The van der Waals surface area contributed by atoms with E-state index in [1.165, 1.54) is 11.3 Å². The average Bonchev–Trinajstić information content (AvgIpc) is 2.59. The van der Waals surface area contributed by atoms with E-state index in [9.17, 15) is 5.26 Å². The molecule has 3 nitrogen and oxygen atoms in total. The highest BCUT2D eigenvalue weighted by molar-refractivity contribution is 6.06. The highest BCUT2D eigenvalue weighted by Gasteiger charge is 2.25. The second-order valence-corrected chi connectivity index (χ2v) is 6.06.